The first kappa shape index (κ1) is 13.1. The minimum Gasteiger partial charge on any atom is -0.261 e. The lowest BCUT2D eigenvalue weighted by Gasteiger charge is -2.15. The van der Waals surface area contributed by atoms with Crippen molar-refractivity contribution in [2.45, 2.75) is 32.6 Å². The maximum Gasteiger partial charge on any atom is 0.0645 e. The summed E-state index contributed by atoms with van der Waals surface area (Å²) in [6.07, 6.45) is 2.66. The summed E-state index contributed by atoms with van der Waals surface area (Å²) in [6, 6.07) is 10.4. The van der Waals surface area contributed by atoms with E-state index in [1.807, 2.05) is 13.1 Å². The van der Waals surface area contributed by atoms with Gasteiger partial charge in [0.05, 0.1) is 5.38 Å². The fourth-order valence-corrected chi connectivity index (χ4v) is 2.73. The molecule has 0 amide bonds. The fraction of sp³-hybridized carbons (Fsp3) is 0.312. The molecular weight excluding hydrogens is 242 g/mol. The van der Waals surface area contributed by atoms with E-state index in [9.17, 15) is 0 Å². The van der Waals surface area contributed by atoms with Crippen LogP contribution < -0.4 is 0 Å². The zero-order valence-electron chi connectivity index (χ0n) is 11.1. The zero-order chi connectivity index (χ0) is 13.1. The largest absolute Gasteiger partial charge is 0.261 e. The van der Waals surface area contributed by atoms with Crippen molar-refractivity contribution >= 4 is 11.6 Å². The van der Waals surface area contributed by atoms with E-state index in [1.165, 1.54) is 22.3 Å². The van der Waals surface area contributed by atoms with Gasteiger partial charge in [0.2, 0.25) is 0 Å². The highest BCUT2D eigenvalue weighted by Gasteiger charge is 2.14. The Morgan fingerprint density at radius 3 is 2.28 bits per heavy atom. The summed E-state index contributed by atoms with van der Waals surface area (Å²) >= 11 is 6.55. The molecule has 1 unspecified atom stereocenters. The predicted octanol–water partition coefficient (Wildman–Crippen LogP) is 4.53. The number of benzene rings is 1. The molecule has 0 radical (unpaired) electrons. The summed E-state index contributed by atoms with van der Waals surface area (Å²) in [5.41, 5.74) is 5.96. The van der Waals surface area contributed by atoms with Crippen LogP contribution in [0.15, 0.2) is 36.5 Å². The number of aryl methyl sites for hydroxylation is 3. The molecule has 1 heterocycles. The fourth-order valence-electron chi connectivity index (χ4n) is 2.23. The molecule has 0 aliphatic carbocycles. The first-order valence-electron chi connectivity index (χ1n) is 6.19. The van der Waals surface area contributed by atoms with E-state index in [1.54, 1.807) is 0 Å². The molecule has 1 aromatic heterocycles. The van der Waals surface area contributed by atoms with Gasteiger partial charge in [-0.15, -0.1) is 11.6 Å². The van der Waals surface area contributed by atoms with Gasteiger partial charge in [-0.1, -0.05) is 24.3 Å². The van der Waals surface area contributed by atoms with Crippen molar-refractivity contribution in [2.24, 2.45) is 0 Å². The number of nitrogens with zero attached hydrogens (tertiary/aromatic N) is 1. The lowest BCUT2D eigenvalue weighted by molar-refractivity contribution is 0.864. The van der Waals surface area contributed by atoms with Gasteiger partial charge < -0.3 is 0 Å². The van der Waals surface area contributed by atoms with Gasteiger partial charge in [-0.25, -0.2) is 0 Å². The van der Waals surface area contributed by atoms with Gasteiger partial charge in [-0.3, -0.25) is 4.98 Å². The van der Waals surface area contributed by atoms with E-state index < -0.39 is 0 Å². The summed E-state index contributed by atoms with van der Waals surface area (Å²) in [5.74, 6) is 0. The number of hydrogen-bond acceptors (Lipinski definition) is 1. The van der Waals surface area contributed by atoms with Gasteiger partial charge in [-0.2, -0.15) is 0 Å². The second-order valence-corrected chi connectivity index (χ2v) is 5.33. The van der Waals surface area contributed by atoms with Crippen molar-refractivity contribution in [3.8, 4) is 0 Å². The van der Waals surface area contributed by atoms with Crippen molar-refractivity contribution in [1.82, 2.24) is 4.98 Å². The smallest absolute Gasteiger partial charge is 0.0645 e. The van der Waals surface area contributed by atoms with Crippen LogP contribution in [0.3, 0.4) is 0 Å². The third kappa shape index (κ3) is 2.91. The topological polar surface area (TPSA) is 12.9 Å². The maximum atomic E-state index is 6.55. The van der Waals surface area contributed by atoms with Crippen LogP contribution in [0.5, 0.6) is 0 Å². The Morgan fingerprint density at radius 2 is 1.72 bits per heavy atom. The Bertz CT molecular complexity index is 511. The van der Waals surface area contributed by atoms with Crippen LogP contribution in [0.2, 0.25) is 0 Å². The summed E-state index contributed by atoms with van der Waals surface area (Å²) in [4.78, 5) is 4.42. The third-order valence-electron chi connectivity index (χ3n) is 3.22. The van der Waals surface area contributed by atoms with Crippen LogP contribution in [0.1, 0.15) is 33.3 Å². The highest BCUT2D eigenvalue weighted by atomic mass is 35.5. The van der Waals surface area contributed by atoms with Crippen LogP contribution in [0, 0.1) is 20.8 Å². The summed E-state index contributed by atoms with van der Waals surface area (Å²) in [5, 5.41) is -0.0126. The van der Waals surface area contributed by atoms with Crippen LogP contribution in [0.25, 0.3) is 0 Å². The Kier molecular flexibility index (Phi) is 4.03. The number of alkyl halides is 1. The molecule has 1 aromatic carbocycles. The minimum absolute atomic E-state index is 0.0126. The van der Waals surface area contributed by atoms with E-state index in [0.717, 1.165) is 12.1 Å². The Labute approximate surface area is 114 Å². The quantitative estimate of drug-likeness (QED) is 0.738. The molecule has 0 spiro atoms. The summed E-state index contributed by atoms with van der Waals surface area (Å²) in [7, 11) is 0. The number of hydrogen-bond donors (Lipinski definition) is 0. The van der Waals surface area contributed by atoms with Crippen molar-refractivity contribution in [3.63, 3.8) is 0 Å². The third-order valence-corrected chi connectivity index (χ3v) is 3.59. The van der Waals surface area contributed by atoms with E-state index in [0.29, 0.717) is 0 Å². The Morgan fingerprint density at radius 1 is 1.06 bits per heavy atom. The molecule has 0 bridgehead atoms. The normalized spacial score (nSPS) is 12.4. The van der Waals surface area contributed by atoms with Crippen LogP contribution >= 0.6 is 11.6 Å². The monoisotopic (exact) mass is 259 g/mol. The van der Waals surface area contributed by atoms with Crippen LogP contribution in [0.4, 0.5) is 0 Å². The van der Waals surface area contributed by atoms with Crippen molar-refractivity contribution in [1.29, 1.82) is 0 Å². The number of pyridine rings is 1. The van der Waals surface area contributed by atoms with Crippen molar-refractivity contribution in [3.05, 3.63) is 64.5 Å². The van der Waals surface area contributed by atoms with Gasteiger partial charge >= 0.3 is 0 Å². The lowest BCUT2D eigenvalue weighted by Crippen LogP contribution is -2.02. The van der Waals surface area contributed by atoms with E-state index in [-0.39, 0.29) is 5.38 Å². The highest BCUT2D eigenvalue weighted by Crippen LogP contribution is 2.29. The number of halogens is 1. The van der Waals surface area contributed by atoms with E-state index in [2.05, 4.69) is 49.2 Å². The highest BCUT2D eigenvalue weighted by molar-refractivity contribution is 6.21. The lowest BCUT2D eigenvalue weighted by atomic mass is 9.97. The number of aromatic nitrogens is 1. The molecule has 18 heavy (non-hydrogen) atoms. The van der Waals surface area contributed by atoms with Gasteiger partial charge in [-0.05, 0) is 49.1 Å². The van der Waals surface area contributed by atoms with Crippen LogP contribution in [-0.2, 0) is 6.42 Å². The Hall–Kier alpha value is -1.34. The molecule has 1 nitrogen and oxygen atoms in total. The summed E-state index contributed by atoms with van der Waals surface area (Å²) < 4.78 is 0. The SMILES string of the molecule is Cc1ccc(CC(Cl)c2c(C)cccc2C)nc1. The minimum atomic E-state index is -0.0126. The standard InChI is InChI=1S/C16H18ClN/c1-11-7-8-14(18-10-11)9-15(17)16-12(2)5-4-6-13(16)3/h4-8,10,15H,9H2,1-3H3. The van der Waals surface area contributed by atoms with Gasteiger partial charge in [0, 0.05) is 18.3 Å². The average molecular weight is 260 g/mol. The molecule has 2 aromatic rings. The zero-order valence-corrected chi connectivity index (χ0v) is 11.8. The molecule has 0 saturated heterocycles. The Balaban J connectivity index is 2.22. The summed E-state index contributed by atoms with van der Waals surface area (Å²) in [6.45, 7) is 6.26. The first-order chi connectivity index (χ1) is 8.58. The second-order valence-electron chi connectivity index (χ2n) is 4.80. The molecule has 1 atom stereocenters. The van der Waals surface area contributed by atoms with E-state index in [4.69, 9.17) is 11.6 Å². The second kappa shape index (κ2) is 5.53. The first-order valence-corrected chi connectivity index (χ1v) is 6.63. The molecule has 0 aliphatic rings. The molecule has 94 valence electrons. The van der Waals surface area contributed by atoms with Gasteiger partial charge in [0.15, 0.2) is 0 Å². The molecule has 0 N–H and O–H groups in total. The molecule has 2 rings (SSSR count). The maximum absolute atomic E-state index is 6.55. The molecular formula is C16H18ClN. The van der Waals surface area contributed by atoms with Gasteiger partial charge in [0.1, 0.15) is 0 Å². The molecule has 0 aliphatic heterocycles. The van der Waals surface area contributed by atoms with Crippen LogP contribution in [-0.4, -0.2) is 4.98 Å². The molecule has 0 saturated carbocycles. The van der Waals surface area contributed by atoms with E-state index >= 15 is 0 Å². The van der Waals surface area contributed by atoms with Gasteiger partial charge in [0.25, 0.3) is 0 Å². The predicted molar refractivity (Wildman–Crippen MR) is 77.2 cm³/mol. The average Bonchev–Trinajstić information content (AvgIpc) is 2.32. The molecule has 0 fully saturated rings. The van der Waals surface area contributed by atoms with Crippen molar-refractivity contribution < 1.29 is 0 Å². The van der Waals surface area contributed by atoms with Crippen molar-refractivity contribution in [2.75, 3.05) is 0 Å². The molecule has 2 heteroatoms. The number of rotatable bonds is 3.